The number of piperidine rings is 1. The Morgan fingerprint density at radius 3 is 2.31 bits per heavy atom. The molecule has 0 spiro atoms. The van der Waals surface area contributed by atoms with Crippen LogP contribution >= 0.6 is 34.8 Å². The molecule has 1 fully saturated rings. The van der Waals surface area contributed by atoms with Gasteiger partial charge in [-0.1, -0.05) is 53.0 Å². The number of carbonyl (C=O) groups is 2. The molecule has 2 aromatic rings. The average Bonchev–Trinajstić information content (AvgIpc) is 2.83. The van der Waals surface area contributed by atoms with Gasteiger partial charge in [-0.2, -0.15) is 0 Å². The zero-order valence-electron chi connectivity index (χ0n) is 20.0. The summed E-state index contributed by atoms with van der Waals surface area (Å²) in [5, 5.41) is 17.4. The quantitative estimate of drug-likeness (QED) is 0.429. The Morgan fingerprint density at radius 2 is 1.74 bits per heavy atom. The van der Waals surface area contributed by atoms with Gasteiger partial charge in [0.25, 0.3) is 0 Å². The van der Waals surface area contributed by atoms with Crippen molar-refractivity contribution in [2.75, 3.05) is 26.2 Å². The Morgan fingerprint density at radius 1 is 1.09 bits per heavy atom. The number of halogens is 3. The molecule has 2 aromatic carbocycles. The Hall–Kier alpha value is -1.83. The van der Waals surface area contributed by atoms with E-state index in [1.54, 1.807) is 36.4 Å². The molecule has 0 aromatic heterocycles. The van der Waals surface area contributed by atoms with Gasteiger partial charge in [0.1, 0.15) is 0 Å². The Balaban J connectivity index is 1.77. The molecule has 0 aliphatic carbocycles. The van der Waals surface area contributed by atoms with E-state index in [4.69, 9.17) is 34.8 Å². The van der Waals surface area contributed by atoms with Crippen LogP contribution in [0.15, 0.2) is 42.5 Å². The van der Waals surface area contributed by atoms with Gasteiger partial charge in [-0.05, 0) is 68.1 Å². The molecule has 0 saturated carbocycles. The normalized spacial score (nSPS) is 17.4. The van der Waals surface area contributed by atoms with Crippen molar-refractivity contribution in [1.82, 2.24) is 15.5 Å². The second-order valence-corrected chi connectivity index (χ2v) is 10.5. The molecule has 0 bridgehead atoms. The lowest BCUT2D eigenvalue weighted by molar-refractivity contribution is -0.128. The van der Waals surface area contributed by atoms with E-state index in [1.165, 1.54) is 6.92 Å². The molecule has 3 rings (SSSR count). The van der Waals surface area contributed by atoms with Gasteiger partial charge in [0, 0.05) is 31.1 Å². The van der Waals surface area contributed by atoms with Crippen LogP contribution in [0.5, 0.6) is 0 Å². The van der Waals surface area contributed by atoms with Crippen LogP contribution in [-0.4, -0.2) is 54.1 Å². The number of likely N-dealkylation sites (tertiary alicyclic amines) is 1. The third-order valence-corrected chi connectivity index (χ3v) is 7.73. The first-order chi connectivity index (χ1) is 16.6. The molecule has 1 aliphatic heterocycles. The van der Waals surface area contributed by atoms with Gasteiger partial charge in [-0.3, -0.25) is 9.59 Å². The minimum absolute atomic E-state index is 0.00793. The monoisotopic (exact) mass is 539 g/mol. The summed E-state index contributed by atoms with van der Waals surface area (Å²) in [6, 6.07) is 11.9. The minimum atomic E-state index is -0.914. The number of hydrogen-bond donors (Lipinski definition) is 3. The Bertz CT molecular complexity index is 1030. The third kappa shape index (κ3) is 7.34. The van der Waals surface area contributed by atoms with Crippen molar-refractivity contribution in [2.45, 2.75) is 50.6 Å². The van der Waals surface area contributed by atoms with Crippen molar-refractivity contribution in [3.63, 3.8) is 0 Å². The lowest BCUT2D eigenvalue weighted by Gasteiger charge is -2.36. The summed E-state index contributed by atoms with van der Waals surface area (Å²) in [6.07, 6.45) is 2.29. The first kappa shape index (κ1) is 27.8. The molecule has 0 radical (unpaired) electrons. The Kier molecular flexibility index (Phi) is 9.85. The minimum Gasteiger partial charge on any atom is -0.394 e. The van der Waals surface area contributed by atoms with Gasteiger partial charge in [-0.25, -0.2) is 0 Å². The molecule has 9 heteroatoms. The molecule has 1 aliphatic rings. The van der Waals surface area contributed by atoms with Gasteiger partial charge in [0.15, 0.2) is 0 Å². The zero-order valence-corrected chi connectivity index (χ0v) is 22.3. The molecule has 2 amide bonds. The standard InChI is InChI=1S/C26H32Cl3N3O3/c1-17(34)30-21-9-12-32(13-10-21)14-11-26(2,19-5-8-22(28)23(29)15-19)25(35)31-24(16-33)18-3-6-20(27)7-4-18/h3-8,15,21,24,33H,9-14,16H2,1-2H3,(H,30,34)(H,31,35). The maximum absolute atomic E-state index is 13.7. The number of hydrogen-bond acceptors (Lipinski definition) is 4. The highest BCUT2D eigenvalue weighted by Gasteiger charge is 2.37. The highest BCUT2D eigenvalue weighted by molar-refractivity contribution is 6.42. The smallest absolute Gasteiger partial charge is 0.230 e. The van der Waals surface area contributed by atoms with Crippen molar-refractivity contribution in [3.05, 3.63) is 68.7 Å². The van der Waals surface area contributed by atoms with Crippen molar-refractivity contribution in [2.24, 2.45) is 0 Å². The molecule has 2 atom stereocenters. The third-order valence-electron chi connectivity index (χ3n) is 6.74. The number of amides is 2. The second kappa shape index (κ2) is 12.4. The van der Waals surface area contributed by atoms with Crippen molar-refractivity contribution in [3.8, 4) is 0 Å². The molecule has 1 saturated heterocycles. The number of carbonyl (C=O) groups excluding carboxylic acids is 2. The largest absolute Gasteiger partial charge is 0.394 e. The van der Waals surface area contributed by atoms with Crippen LogP contribution in [0.3, 0.4) is 0 Å². The number of rotatable bonds is 9. The van der Waals surface area contributed by atoms with E-state index in [0.717, 1.165) is 37.1 Å². The number of nitrogens with one attached hydrogen (secondary N) is 2. The SMILES string of the molecule is CC(=O)NC1CCN(CCC(C)(C(=O)NC(CO)c2ccc(Cl)cc2)c2ccc(Cl)c(Cl)c2)CC1. The summed E-state index contributed by atoms with van der Waals surface area (Å²) in [7, 11) is 0. The van der Waals surface area contributed by atoms with Crippen LogP contribution in [0, 0.1) is 0 Å². The number of nitrogens with zero attached hydrogens (tertiary/aromatic N) is 1. The van der Waals surface area contributed by atoms with E-state index in [1.807, 2.05) is 13.0 Å². The number of aliphatic hydroxyl groups excluding tert-OH is 1. The molecule has 1 heterocycles. The second-order valence-electron chi connectivity index (χ2n) is 9.29. The van der Waals surface area contributed by atoms with Crippen LogP contribution in [0.25, 0.3) is 0 Å². The highest BCUT2D eigenvalue weighted by Crippen LogP contribution is 2.34. The van der Waals surface area contributed by atoms with E-state index in [2.05, 4.69) is 15.5 Å². The summed E-state index contributed by atoms with van der Waals surface area (Å²) in [4.78, 5) is 27.4. The van der Waals surface area contributed by atoms with Crippen LogP contribution in [-0.2, 0) is 15.0 Å². The maximum Gasteiger partial charge on any atom is 0.230 e. The first-order valence-corrected chi connectivity index (χ1v) is 12.9. The predicted molar refractivity (Wildman–Crippen MR) is 141 cm³/mol. The molecule has 2 unspecified atom stereocenters. The van der Waals surface area contributed by atoms with Gasteiger partial charge in [0.05, 0.1) is 28.1 Å². The first-order valence-electron chi connectivity index (χ1n) is 11.7. The predicted octanol–water partition coefficient (Wildman–Crippen LogP) is 4.74. The van der Waals surface area contributed by atoms with E-state index in [0.29, 0.717) is 28.0 Å². The lowest BCUT2D eigenvalue weighted by Crippen LogP contribution is -2.48. The molecular formula is C26H32Cl3N3O3. The van der Waals surface area contributed by atoms with Crippen LogP contribution < -0.4 is 10.6 Å². The summed E-state index contributed by atoms with van der Waals surface area (Å²) < 4.78 is 0. The fraction of sp³-hybridized carbons (Fsp3) is 0.462. The molecule has 190 valence electrons. The number of aliphatic hydroxyl groups is 1. The fourth-order valence-corrected chi connectivity index (χ4v) is 4.87. The number of benzene rings is 2. The molecule has 3 N–H and O–H groups in total. The summed E-state index contributed by atoms with van der Waals surface area (Å²) >= 11 is 18.5. The maximum atomic E-state index is 13.7. The summed E-state index contributed by atoms with van der Waals surface area (Å²) in [5.41, 5.74) is 0.606. The Labute approximate surface area is 221 Å². The van der Waals surface area contributed by atoms with Crippen molar-refractivity contribution < 1.29 is 14.7 Å². The molecular weight excluding hydrogens is 509 g/mol. The molecule has 35 heavy (non-hydrogen) atoms. The van der Waals surface area contributed by atoms with Crippen LogP contribution in [0.4, 0.5) is 0 Å². The van der Waals surface area contributed by atoms with Gasteiger partial charge in [-0.15, -0.1) is 0 Å². The summed E-state index contributed by atoms with van der Waals surface area (Å²) in [6.45, 7) is 5.56. The van der Waals surface area contributed by atoms with Gasteiger partial charge >= 0.3 is 0 Å². The van der Waals surface area contributed by atoms with E-state index in [9.17, 15) is 14.7 Å². The summed E-state index contributed by atoms with van der Waals surface area (Å²) in [5.74, 6) is -0.218. The lowest BCUT2D eigenvalue weighted by atomic mass is 9.78. The topological polar surface area (TPSA) is 81.7 Å². The van der Waals surface area contributed by atoms with E-state index < -0.39 is 11.5 Å². The van der Waals surface area contributed by atoms with E-state index >= 15 is 0 Å². The van der Waals surface area contributed by atoms with Crippen LogP contribution in [0.2, 0.25) is 15.1 Å². The average molecular weight is 541 g/mol. The van der Waals surface area contributed by atoms with Crippen LogP contribution in [0.1, 0.15) is 50.3 Å². The highest BCUT2D eigenvalue weighted by atomic mass is 35.5. The fourth-order valence-electron chi connectivity index (χ4n) is 4.45. The van der Waals surface area contributed by atoms with Crippen molar-refractivity contribution in [1.29, 1.82) is 0 Å². The van der Waals surface area contributed by atoms with E-state index in [-0.39, 0.29) is 24.5 Å². The van der Waals surface area contributed by atoms with Gasteiger partial charge < -0.3 is 20.6 Å². The van der Waals surface area contributed by atoms with Gasteiger partial charge in [0.2, 0.25) is 11.8 Å². The zero-order chi connectivity index (χ0) is 25.6. The molecule has 6 nitrogen and oxygen atoms in total. The van der Waals surface area contributed by atoms with Crippen molar-refractivity contribution >= 4 is 46.6 Å².